The molecule has 0 heterocycles. The second-order valence-electron chi connectivity index (χ2n) is 5.90. The lowest BCUT2D eigenvalue weighted by Crippen LogP contribution is -2.10. The third-order valence-corrected chi connectivity index (χ3v) is 5.48. The maximum Gasteiger partial charge on any atom is 0.342 e. The highest BCUT2D eigenvalue weighted by Gasteiger charge is 2.28. The quantitative estimate of drug-likeness (QED) is 0.415. The van der Waals surface area contributed by atoms with Crippen LogP contribution in [0.3, 0.4) is 0 Å². The lowest BCUT2D eigenvalue weighted by atomic mass is 9.97. The molecule has 0 aromatic heterocycles. The van der Waals surface area contributed by atoms with Gasteiger partial charge in [0.25, 0.3) is 0 Å². The van der Waals surface area contributed by atoms with Crippen LogP contribution < -0.4 is 14.2 Å². The highest BCUT2D eigenvalue weighted by molar-refractivity contribution is 7.98. The molecule has 28 heavy (non-hydrogen) atoms. The monoisotopic (exact) mass is 398 g/mol. The maximum absolute atomic E-state index is 12.7. The number of esters is 1. The first-order valence-electron chi connectivity index (χ1n) is 8.65. The van der Waals surface area contributed by atoms with Crippen LogP contribution in [0.15, 0.2) is 53.4 Å². The van der Waals surface area contributed by atoms with Gasteiger partial charge in [0, 0.05) is 21.6 Å². The van der Waals surface area contributed by atoms with Gasteiger partial charge >= 0.3 is 5.97 Å². The number of fused-ring (bicyclic) bond motifs is 1. The van der Waals surface area contributed by atoms with E-state index in [0.29, 0.717) is 34.0 Å². The lowest BCUT2D eigenvalue weighted by molar-refractivity contribution is 0.0596. The van der Waals surface area contributed by atoms with E-state index >= 15 is 0 Å². The summed E-state index contributed by atoms with van der Waals surface area (Å²) in [6, 6.07) is 15.6. The molecule has 0 atom stereocenters. The first-order chi connectivity index (χ1) is 13.7. The molecule has 0 aliphatic heterocycles. The van der Waals surface area contributed by atoms with Crippen LogP contribution in [0.4, 0.5) is 0 Å². The molecule has 0 amide bonds. The molecule has 3 aromatic carbocycles. The molecule has 0 saturated heterocycles. The van der Waals surface area contributed by atoms with Gasteiger partial charge in [-0.15, -0.1) is 11.8 Å². The molecule has 0 fully saturated rings. The van der Waals surface area contributed by atoms with E-state index in [1.54, 1.807) is 26.0 Å². The Morgan fingerprint density at radius 3 is 2.18 bits per heavy atom. The molecular formula is C22H22O5S. The van der Waals surface area contributed by atoms with Gasteiger partial charge in [0.1, 0.15) is 22.8 Å². The van der Waals surface area contributed by atoms with Crippen LogP contribution in [-0.2, 0) is 10.5 Å². The Labute approximate surface area is 168 Å². The number of ether oxygens (including phenoxy) is 4. The fourth-order valence-corrected chi connectivity index (χ4v) is 4.16. The first kappa shape index (κ1) is 19.9. The molecule has 3 rings (SSSR count). The summed E-state index contributed by atoms with van der Waals surface area (Å²) in [4.78, 5) is 13.8. The van der Waals surface area contributed by atoms with Crippen molar-refractivity contribution in [2.45, 2.75) is 10.6 Å². The Morgan fingerprint density at radius 1 is 0.857 bits per heavy atom. The Morgan fingerprint density at radius 2 is 1.57 bits per heavy atom. The number of hydrogen-bond donors (Lipinski definition) is 0. The highest BCUT2D eigenvalue weighted by atomic mass is 32.2. The number of rotatable bonds is 7. The summed E-state index contributed by atoms with van der Waals surface area (Å²) >= 11 is 1.61. The van der Waals surface area contributed by atoms with Crippen molar-refractivity contribution in [2.24, 2.45) is 0 Å². The van der Waals surface area contributed by atoms with Crippen molar-refractivity contribution in [3.63, 3.8) is 0 Å². The van der Waals surface area contributed by atoms with Crippen LogP contribution in [0.2, 0.25) is 0 Å². The number of carbonyl (C=O) groups excluding carboxylic acids is 1. The van der Waals surface area contributed by atoms with E-state index < -0.39 is 5.97 Å². The zero-order valence-corrected chi connectivity index (χ0v) is 17.1. The molecule has 0 saturated carbocycles. The molecule has 0 spiro atoms. The van der Waals surface area contributed by atoms with E-state index in [2.05, 4.69) is 0 Å². The summed E-state index contributed by atoms with van der Waals surface area (Å²) in [5.41, 5.74) is 1.07. The summed E-state index contributed by atoms with van der Waals surface area (Å²) < 4.78 is 22.0. The normalized spacial score (nSPS) is 10.6. The first-order valence-corrected chi connectivity index (χ1v) is 9.64. The standard InChI is InChI=1S/C22H22O5S/c1-24-17-12-8-11-15-18(17)21(26-3)19(22(23)27-4)16(20(15)25-2)13-28-14-9-6-5-7-10-14/h5-12H,13H2,1-4H3. The van der Waals surface area contributed by atoms with Gasteiger partial charge in [-0.2, -0.15) is 0 Å². The molecule has 146 valence electrons. The third kappa shape index (κ3) is 3.60. The minimum Gasteiger partial charge on any atom is -0.496 e. The van der Waals surface area contributed by atoms with Gasteiger partial charge in [0.15, 0.2) is 0 Å². The average Bonchev–Trinajstić information content (AvgIpc) is 2.75. The predicted octanol–water partition coefficient (Wildman–Crippen LogP) is 4.94. The minimum absolute atomic E-state index is 0.349. The largest absolute Gasteiger partial charge is 0.496 e. The van der Waals surface area contributed by atoms with Crippen LogP contribution in [0.5, 0.6) is 17.2 Å². The fourth-order valence-electron chi connectivity index (χ4n) is 3.23. The minimum atomic E-state index is -0.480. The molecule has 0 bridgehead atoms. The Bertz CT molecular complexity index is 985. The van der Waals surface area contributed by atoms with Crippen molar-refractivity contribution in [3.8, 4) is 17.2 Å². The van der Waals surface area contributed by atoms with Gasteiger partial charge in [0.2, 0.25) is 0 Å². The molecular weight excluding hydrogens is 376 g/mol. The molecule has 0 radical (unpaired) electrons. The molecule has 6 heteroatoms. The average molecular weight is 398 g/mol. The number of methoxy groups -OCH3 is 4. The molecule has 5 nitrogen and oxygen atoms in total. The van der Waals surface area contributed by atoms with Crippen molar-refractivity contribution < 1.29 is 23.7 Å². The summed E-state index contributed by atoms with van der Waals surface area (Å²) in [5.74, 6) is 1.66. The van der Waals surface area contributed by atoms with Crippen LogP contribution in [0.1, 0.15) is 15.9 Å². The van der Waals surface area contributed by atoms with Gasteiger partial charge in [-0.3, -0.25) is 0 Å². The molecule has 3 aromatic rings. The molecule has 0 aliphatic carbocycles. The number of hydrogen-bond acceptors (Lipinski definition) is 6. The Balaban J connectivity index is 2.29. The number of thioether (sulfide) groups is 1. The van der Waals surface area contributed by atoms with E-state index in [4.69, 9.17) is 18.9 Å². The second kappa shape index (κ2) is 8.89. The van der Waals surface area contributed by atoms with Crippen molar-refractivity contribution in [2.75, 3.05) is 28.4 Å². The lowest BCUT2D eigenvalue weighted by Gasteiger charge is -2.20. The zero-order valence-electron chi connectivity index (χ0n) is 16.3. The summed E-state index contributed by atoms with van der Waals surface area (Å²) in [7, 11) is 6.07. The zero-order chi connectivity index (χ0) is 20.1. The molecule has 0 N–H and O–H groups in total. The number of benzene rings is 3. The fraction of sp³-hybridized carbons (Fsp3) is 0.227. The van der Waals surface area contributed by atoms with Crippen molar-refractivity contribution >= 4 is 28.5 Å². The smallest absolute Gasteiger partial charge is 0.342 e. The Hall–Kier alpha value is -2.86. The van der Waals surface area contributed by atoms with Crippen molar-refractivity contribution in [3.05, 3.63) is 59.7 Å². The summed E-state index contributed by atoms with van der Waals surface area (Å²) in [5, 5.41) is 1.49. The van der Waals surface area contributed by atoms with Crippen LogP contribution in [0.25, 0.3) is 10.8 Å². The topological polar surface area (TPSA) is 54.0 Å². The van der Waals surface area contributed by atoms with Crippen LogP contribution in [0, 0.1) is 0 Å². The predicted molar refractivity (Wildman–Crippen MR) is 111 cm³/mol. The molecule has 0 unspecified atom stereocenters. The van der Waals surface area contributed by atoms with E-state index in [-0.39, 0.29) is 0 Å². The van der Waals surface area contributed by atoms with Gasteiger partial charge in [-0.25, -0.2) is 4.79 Å². The maximum atomic E-state index is 12.7. The van der Waals surface area contributed by atoms with Gasteiger partial charge in [-0.05, 0) is 18.2 Å². The van der Waals surface area contributed by atoms with E-state index in [9.17, 15) is 4.79 Å². The SMILES string of the molecule is COC(=O)c1c(CSc2ccccc2)c(OC)c2cccc(OC)c2c1OC. The van der Waals surface area contributed by atoms with Gasteiger partial charge in [-0.1, -0.05) is 30.3 Å². The van der Waals surface area contributed by atoms with E-state index in [0.717, 1.165) is 15.8 Å². The van der Waals surface area contributed by atoms with Crippen LogP contribution in [-0.4, -0.2) is 34.4 Å². The van der Waals surface area contributed by atoms with E-state index in [1.807, 2.05) is 48.5 Å². The Kier molecular flexibility index (Phi) is 6.31. The number of carbonyl (C=O) groups is 1. The summed E-state index contributed by atoms with van der Waals surface area (Å²) in [6.07, 6.45) is 0. The second-order valence-corrected chi connectivity index (χ2v) is 6.94. The highest BCUT2D eigenvalue weighted by Crippen LogP contribution is 2.46. The van der Waals surface area contributed by atoms with Gasteiger partial charge in [0.05, 0.1) is 33.8 Å². The van der Waals surface area contributed by atoms with Gasteiger partial charge < -0.3 is 18.9 Å². The van der Waals surface area contributed by atoms with E-state index in [1.165, 1.54) is 14.2 Å². The van der Waals surface area contributed by atoms with Crippen molar-refractivity contribution in [1.29, 1.82) is 0 Å². The van der Waals surface area contributed by atoms with Crippen LogP contribution >= 0.6 is 11.8 Å². The van der Waals surface area contributed by atoms with Crippen molar-refractivity contribution in [1.82, 2.24) is 0 Å². The third-order valence-electron chi connectivity index (χ3n) is 4.44. The molecule has 0 aliphatic rings. The summed E-state index contributed by atoms with van der Waals surface area (Å²) in [6.45, 7) is 0.